The van der Waals surface area contributed by atoms with Crippen molar-refractivity contribution in [1.82, 2.24) is 15.1 Å². The fourth-order valence-corrected chi connectivity index (χ4v) is 3.09. The molecule has 0 saturated heterocycles. The van der Waals surface area contributed by atoms with E-state index in [9.17, 15) is 14.4 Å². The van der Waals surface area contributed by atoms with E-state index in [2.05, 4.69) is 10.4 Å². The molecule has 8 heteroatoms. The SMILES string of the molecule is Cn1cc2c(n1)-c1cccc(c1)OCCCCC[C@@H](C(=O)C(N)=O)NC2=O. The minimum Gasteiger partial charge on any atom is -0.494 e. The number of carbonyl (C=O) groups is 3. The van der Waals surface area contributed by atoms with Gasteiger partial charge in [-0.1, -0.05) is 18.6 Å². The van der Waals surface area contributed by atoms with Crippen LogP contribution in [0.4, 0.5) is 0 Å². The average molecular weight is 370 g/mol. The zero-order valence-electron chi connectivity index (χ0n) is 15.1. The van der Waals surface area contributed by atoms with Gasteiger partial charge in [-0.05, 0) is 31.4 Å². The number of ether oxygens (including phenoxy) is 1. The normalized spacial score (nSPS) is 17.8. The van der Waals surface area contributed by atoms with Crippen LogP contribution in [0.2, 0.25) is 0 Å². The van der Waals surface area contributed by atoms with Crippen molar-refractivity contribution < 1.29 is 19.1 Å². The van der Waals surface area contributed by atoms with Crippen LogP contribution in [0.25, 0.3) is 11.3 Å². The van der Waals surface area contributed by atoms with Gasteiger partial charge >= 0.3 is 0 Å². The monoisotopic (exact) mass is 370 g/mol. The minimum atomic E-state index is -1.05. The summed E-state index contributed by atoms with van der Waals surface area (Å²) in [6.45, 7) is 0.541. The van der Waals surface area contributed by atoms with Crippen molar-refractivity contribution in [3.63, 3.8) is 0 Å². The number of aromatic nitrogens is 2. The van der Waals surface area contributed by atoms with Crippen LogP contribution in [0.3, 0.4) is 0 Å². The largest absolute Gasteiger partial charge is 0.494 e. The number of nitrogens with two attached hydrogens (primary N) is 1. The third-order valence-electron chi connectivity index (χ3n) is 4.45. The van der Waals surface area contributed by atoms with Gasteiger partial charge in [-0.3, -0.25) is 19.1 Å². The molecule has 0 aliphatic carbocycles. The molecule has 1 aromatic carbocycles. The van der Waals surface area contributed by atoms with Crippen LogP contribution in [0.5, 0.6) is 5.75 Å². The molecule has 2 bridgehead atoms. The second kappa shape index (κ2) is 8.03. The maximum atomic E-state index is 12.8. The highest BCUT2D eigenvalue weighted by Crippen LogP contribution is 2.26. The van der Waals surface area contributed by atoms with Gasteiger partial charge in [-0.25, -0.2) is 0 Å². The summed E-state index contributed by atoms with van der Waals surface area (Å²) >= 11 is 0. The number of benzene rings is 1. The highest BCUT2D eigenvalue weighted by Gasteiger charge is 2.27. The maximum Gasteiger partial charge on any atom is 0.287 e. The number of primary amides is 1. The molecule has 3 rings (SSSR count). The Labute approximate surface area is 156 Å². The first-order valence-electron chi connectivity index (χ1n) is 8.87. The zero-order valence-corrected chi connectivity index (χ0v) is 15.1. The number of amides is 2. The van der Waals surface area contributed by atoms with Gasteiger partial charge in [-0.15, -0.1) is 0 Å². The summed E-state index contributed by atoms with van der Waals surface area (Å²) in [5, 5.41) is 7.03. The number of fused-ring (bicyclic) bond motifs is 4. The minimum absolute atomic E-state index is 0.314. The standard InChI is InChI=1S/C19H22N4O4/c1-23-11-14-16(22-23)12-6-5-7-13(10-12)27-9-4-2-3-8-15(21-19(14)26)17(24)18(20)25/h5-7,10-11,15H,2-4,8-9H2,1H3,(H2,20,25)(H,21,26)/t15-/m0/s1. The van der Waals surface area contributed by atoms with Crippen molar-refractivity contribution in [1.29, 1.82) is 0 Å². The Bertz CT molecular complexity index is 874. The molecule has 8 nitrogen and oxygen atoms in total. The summed E-state index contributed by atoms with van der Waals surface area (Å²) in [7, 11) is 1.71. The van der Waals surface area contributed by atoms with E-state index in [-0.39, 0.29) is 0 Å². The second-order valence-electron chi connectivity index (χ2n) is 6.55. The molecule has 27 heavy (non-hydrogen) atoms. The van der Waals surface area contributed by atoms with Crippen LogP contribution in [-0.4, -0.2) is 40.0 Å². The number of ketones is 1. The molecule has 1 aromatic heterocycles. The van der Waals surface area contributed by atoms with E-state index in [1.807, 2.05) is 24.3 Å². The number of hydrogen-bond donors (Lipinski definition) is 2. The summed E-state index contributed by atoms with van der Waals surface area (Å²) in [5.41, 5.74) is 6.66. The lowest BCUT2D eigenvalue weighted by Crippen LogP contribution is -2.46. The molecule has 2 amide bonds. The van der Waals surface area contributed by atoms with E-state index >= 15 is 0 Å². The number of aryl methyl sites for hydroxylation is 1. The average Bonchev–Trinajstić information content (AvgIpc) is 3.04. The van der Waals surface area contributed by atoms with E-state index in [1.165, 1.54) is 4.68 Å². The van der Waals surface area contributed by atoms with E-state index in [1.54, 1.807) is 13.2 Å². The van der Waals surface area contributed by atoms with Gasteiger partial charge in [0.1, 0.15) is 11.4 Å². The first-order chi connectivity index (χ1) is 13.0. The maximum absolute atomic E-state index is 12.8. The van der Waals surface area contributed by atoms with Crippen molar-refractivity contribution in [2.24, 2.45) is 12.8 Å². The van der Waals surface area contributed by atoms with Crippen LogP contribution >= 0.6 is 0 Å². The smallest absolute Gasteiger partial charge is 0.287 e. The Morgan fingerprint density at radius 1 is 1.30 bits per heavy atom. The number of nitrogens with zero attached hydrogens (tertiary/aromatic N) is 2. The van der Waals surface area contributed by atoms with Gasteiger partial charge in [0.05, 0.1) is 18.2 Å². The predicted molar refractivity (Wildman–Crippen MR) is 98.1 cm³/mol. The number of nitrogens with one attached hydrogen (secondary N) is 1. The molecular formula is C19H22N4O4. The fraction of sp³-hybridized carbons (Fsp3) is 0.368. The Kier molecular flexibility index (Phi) is 5.54. The Morgan fingerprint density at radius 2 is 2.11 bits per heavy atom. The quantitative estimate of drug-likeness (QED) is 0.771. The molecule has 0 unspecified atom stereocenters. The van der Waals surface area contributed by atoms with Crippen LogP contribution in [0.15, 0.2) is 30.5 Å². The molecule has 1 aliphatic rings. The third-order valence-corrected chi connectivity index (χ3v) is 4.45. The van der Waals surface area contributed by atoms with Crippen LogP contribution in [0.1, 0.15) is 36.0 Å². The zero-order chi connectivity index (χ0) is 19.4. The third kappa shape index (κ3) is 4.33. The first-order valence-corrected chi connectivity index (χ1v) is 8.87. The Morgan fingerprint density at radius 3 is 2.89 bits per heavy atom. The fourth-order valence-electron chi connectivity index (χ4n) is 3.09. The topological polar surface area (TPSA) is 116 Å². The Balaban J connectivity index is 1.99. The van der Waals surface area contributed by atoms with Gasteiger partial charge < -0.3 is 15.8 Å². The van der Waals surface area contributed by atoms with E-state index in [0.717, 1.165) is 18.4 Å². The second-order valence-corrected chi connectivity index (χ2v) is 6.55. The predicted octanol–water partition coefficient (Wildman–Crippen LogP) is 1.19. The molecule has 0 radical (unpaired) electrons. The highest BCUT2D eigenvalue weighted by atomic mass is 16.5. The van der Waals surface area contributed by atoms with Gasteiger partial charge in [-0.2, -0.15) is 5.10 Å². The number of hydrogen-bond acceptors (Lipinski definition) is 5. The molecular weight excluding hydrogens is 348 g/mol. The molecule has 0 saturated carbocycles. The number of Topliss-reactive ketones (excluding diaryl/α,β-unsaturated/α-hetero) is 1. The molecule has 142 valence electrons. The van der Waals surface area contributed by atoms with Gasteiger partial charge in [0, 0.05) is 18.8 Å². The summed E-state index contributed by atoms with van der Waals surface area (Å²) < 4.78 is 7.30. The van der Waals surface area contributed by atoms with Crippen molar-refractivity contribution in [3.8, 4) is 17.0 Å². The van der Waals surface area contributed by atoms with E-state index < -0.39 is 23.6 Å². The molecule has 2 aromatic rings. The number of carbonyl (C=O) groups excluding carboxylic acids is 3. The van der Waals surface area contributed by atoms with Crippen molar-refractivity contribution in [3.05, 3.63) is 36.0 Å². The summed E-state index contributed by atoms with van der Waals surface area (Å²) in [4.78, 5) is 36.3. The summed E-state index contributed by atoms with van der Waals surface area (Å²) in [6.07, 6.45) is 4.18. The summed E-state index contributed by atoms with van der Waals surface area (Å²) in [6, 6.07) is 6.42. The highest BCUT2D eigenvalue weighted by molar-refractivity contribution is 6.38. The van der Waals surface area contributed by atoms with Gasteiger partial charge in [0.15, 0.2) is 0 Å². The molecule has 3 N–H and O–H groups in total. The lowest BCUT2D eigenvalue weighted by molar-refractivity contribution is -0.137. The molecule has 2 heterocycles. The first kappa shape index (κ1) is 18.6. The summed E-state index contributed by atoms with van der Waals surface area (Å²) in [5.74, 6) is -1.60. The Hall–Kier alpha value is -3.16. The lowest BCUT2D eigenvalue weighted by atomic mass is 10.0. The van der Waals surface area contributed by atoms with Crippen LogP contribution in [-0.2, 0) is 16.6 Å². The molecule has 1 aliphatic heterocycles. The van der Waals surface area contributed by atoms with Crippen molar-refractivity contribution >= 4 is 17.6 Å². The molecule has 0 spiro atoms. The van der Waals surface area contributed by atoms with Crippen molar-refractivity contribution in [2.45, 2.75) is 31.7 Å². The molecule has 1 atom stereocenters. The lowest BCUT2D eigenvalue weighted by Gasteiger charge is -2.17. The van der Waals surface area contributed by atoms with Gasteiger partial charge in [0.25, 0.3) is 11.8 Å². The van der Waals surface area contributed by atoms with Crippen molar-refractivity contribution in [2.75, 3.05) is 6.61 Å². The van der Waals surface area contributed by atoms with E-state index in [4.69, 9.17) is 10.5 Å². The van der Waals surface area contributed by atoms with Gasteiger partial charge in [0.2, 0.25) is 5.78 Å². The van der Waals surface area contributed by atoms with Crippen LogP contribution in [0, 0.1) is 0 Å². The van der Waals surface area contributed by atoms with E-state index in [0.29, 0.717) is 36.5 Å². The van der Waals surface area contributed by atoms with Crippen LogP contribution < -0.4 is 15.8 Å². The molecule has 0 fully saturated rings. The number of rotatable bonds is 2.